The highest BCUT2D eigenvalue weighted by Crippen LogP contribution is 2.28. The van der Waals surface area contributed by atoms with Crippen LogP contribution in [-0.4, -0.2) is 27.2 Å². The highest BCUT2D eigenvalue weighted by atomic mass is 35.5. The lowest BCUT2D eigenvalue weighted by Crippen LogP contribution is -2.20. The van der Waals surface area contributed by atoms with Crippen LogP contribution in [0.3, 0.4) is 0 Å². The van der Waals surface area contributed by atoms with Crippen LogP contribution in [0.4, 0.5) is 11.4 Å². The SMILES string of the molecule is CSc1cccc(NC(=O)COc2ccc(S(=O)(=O)Nc3ccccc3)cc2Cl)c1. The number of thioether (sulfide) groups is 1. The third-order valence-corrected chi connectivity index (χ3v) is 6.35. The summed E-state index contributed by atoms with van der Waals surface area (Å²) in [6.07, 6.45) is 1.95. The number of hydrogen-bond donors (Lipinski definition) is 2. The molecule has 0 radical (unpaired) electrons. The normalized spacial score (nSPS) is 11.0. The van der Waals surface area contributed by atoms with Crippen LogP contribution in [0.25, 0.3) is 0 Å². The Morgan fingerprint density at radius 3 is 2.43 bits per heavy atom. The summed E-state index contributed by atoms with van der Waals surface area (Å²) in [5.41, 5.74) is 1.10. The number of sulfonamides is 1. The third-order valence-electron chi connectivity index (χ3n) is 3.95. The molecule has 3 rings (SSSR count). The van der Waals surface area contributed by atoms with Crippen LogP contribution in [0.2, 0.25) is 5.02 Å². The molecule has 0 aliphatic heterocycles. The predicted octanol–water partition coefficient (Wildman–Crippen LogP) is 4.88. The lowest BCUT2D eigenvalue weighted by atomic mass is 10.3. The van der Waals surface area contributed by atoms with E-state index in [0.29, 0.717) is 11.4 Å². The van der Waals surface area contributed by atoms with E-state index in [-0.39, 0.29) is 28.2 Å². The second-order valence-electron chi connectivity index (χ2n) is 6.13. The Labute approximate surface area is 184 Å². The largest absolute Gasteiger partial charge is 0.482 e. The van der Waals surface area contributed by atoms with E-state index in [4.69, 9.17) is 16.3 Å². The molecule has 0 aromatic heterocycles. The summed E-state index contributed by atoms with van der Waals surface area (Å²) in [5, 5.41) is 2.83. The standard InChI is InChI=1S/C21H19ClN2O4S2/c1-29-17-9-5-8-16(12-17)23-21(25)14-28-20-11-10-18(13-19(20)22)30(26,27)24-15-6-3-2-4-7-15/h2-13,24H,14H2,1H3,(H,23,25). The van der Waals surface area contributed by atoms with Gasteiger partial charge in [-0.1, -0.05) is 35.9 Å². The number of hydrogen-bond acceptors (Lipinski definition) is 5. The molecular weight excluding hydrogens is 444 g/mol. The maximum atomic E-state index is 12.5. The average Bonchev–Trinajstić information content (AvgIpc) is 2.73. The molecule has 0 heterocycles. The van der Waals surface area contributed by atoms with Crippen LogP contribution in [0.1, 0.15) is 0 Å². The summed E-state index contributed by atoms with van der Waals surface area (Å²) in [6.45, 7) is -0.266. The highest BCUT2D eigenvalue weighted by molar-refractivity contribution is 7.98. The summed E-state index contributed by atoms with van der Waals surface area (Å²) in [5.74, 6) is -0.143. The molecule has 0 aliphatic rings. The molecule has 0 spiro atoms. The fraction of sp³-hybridized carbons (Fsp3) is 0.0952. The van der Waals surface area contributed by atoms with Crippen molar-refractivity contribution in [2.24, 2.45) is 0 Å². The quantitative estimate of drug-likeness (QED) is 0.466. The van der Waals surface area contributed by atoms with Crippen molar-refractivity contribution in [3.63, 3.8) is 0 Å². The molecule has 0 fully saturated rings. The second kappa shape index (κ2) is 9.88. The number of benzene rings is 3. The maximum Gasteiger partial charge on any atom is 0.262 e. The van der Waals surface area contributed by atoms with Crippen molar-refractivity contribution in [3.05, 3.63) is 77.8 Å². The zero-order chi connectivity index (χ0) is 21.6. The van der Waals surface area contributed by atoms with Crippen LogP contribution in [0.5, 0.6) is 5.75 Å². The summed E-state index contributed by atoms with van der Waals surface area (Å²) >= 11 is 7.74. The maximum absolute atomic E-state index is 12.5. The highest BCUT2D eigenvalue weighted by Gasteiger charge is 2.17. The van der Waals surface area contributed by atoms with Crippen LogP contribution in [0, 0.1) is 0 Å². The van der Waals surface area contributed by atoms with Crippen molar-refractivity contribution in [2.45, 2.75) is 9.79 Å². The predicted molar refractivity (Wildman–Crippen MR) is 121 cm³/mol. The van der Waals surface area contributed by atoms with Gasteiger partial charge in [-0.05, 0) is 54.8 Å². The molecule has 0 unspecified atom stereocenters. The number of halogens is 1. The van der Waals surface area contributed by atoms with Crippen molar-refractivity contribution in [1.29, 1.82) is 0 Å². The van der Waals surface area contributed by atoms with Gasteiger partial charge in [-0.25, -0.2) is 8.42 Å². The fourth-order valence-corrected chi connectivity index (χ4v) is 4.37. The van der Waals surface area contributed by atoms with Crippen LogP contribution < -0.4 is 14.8 Å². The fourth-order valence-electron chi connectivity index (χ4n) is 2.53. The first kappa shape index (κ1) is 22.0. The van der Waals surface area contributed by atoms with E-state index < -0.39 is 10.0 Å². The first-order chi connectivity index (χ1) is 14.4. The number of carbonyl (C=O) groups is 1. The van der Waals surface area contributed by atoms with Gasteiger partial charge in [0, 0.05) is 16.3 Å². The van der Waals surface area contributed by atoms with E-state index in [9.17, 15) is 13.2 Å². The molecule has 0 saturated carbocycles. The number of para-hydroxylation sites is 1. The van der Waals surface area contributed by atoms with Crippen molar-refractivity contribution in [1.82, 2.24) is 0 Å². The van der Waals surface area contributed by atoms with Gasteiger partial charge in [0.1, 0.15) is 5.75 Å². The molecule has 0 atom stereocenters. The summed E-state index contributed by atoms with van der Waals surface area (Å²) < 4.78 is 32.9. The van der Waals surface area contributed by atoms with E-state index >= 15 is 0 Å². The minimum atomic E-state index is -3.80. The van der Waals surface area contributed by atoms with E-state index in [2.05, 4.69) is 10.0 Å². The molecule has 0 bridgehead atoms. The summed E-state index contributed by atoms with van der Waals surface area (Å²) in [6, 6.07) is 20.0. The van der Waals surface area contributed by atoms with Gasteiger partial charge in [0.15, 0.2) is 6.61 Å². The Balaban J connectivity index is 1.63. The zero-order valence-electron chi connectivity index (χ0n) is 16.0. The van der Waals surface area contributed by atoms with Crippen LogP contribution in [0.15, 0.2) is 82.6 Å². The molecule has 2 N–H and O–H groups in total. The molecule has 30 heavy (non-hydrogen) atoms. The smallest absolute Gasteiger partial charge is 0.262 e. The number of rotatable bonds is 8. The molecule has 156 valence electrons. The monoisotopic (exact) mass is 462 g/mol. The number of nitrogens with one attached hydrogen (secondary N) is 2. The Bertz CT molecular complexity index is 1140. The number of ether oxygens (including phenoxy) is 1. The number of anilines is 2. The van der Waals surface area contributed by atoms with E-state index in [1.54, 1.807) is 48.2 Å². The first-order valence-electron chi connectivity index (χ1n) is 8.81. The van der Waals surface area contributed by atoms with Gasteiger partial charge >= 0.3 is 0 Å². The van der Waals surface area contributed by atoms with Crippen molar-refractivity contribution < 1.29 is 17.9 Å². The first-order valence-corrected chi connectivity index (χ1v) is 11.9. The molecule has 0 saturated heterocycles. The Kier molecular flexibility index (Phi) is 7.25. The second-order valence-corrected chi connectivity index (χ2v) is 9.10. The lowest BCUT2D eigenvalue weighted by Gasteiger charge is -2.12. The molecule has 6 nitrogen and oxygen atoms in total. The van der Waals surface area contributed by atoms with Crippen molar-refractivity contribution in [3.8, 4) is 5.75 Å². The van der Waals surface area contributed by atoms with E-state index in [1.165, 1.54) is 18.2 Å². The Morgan fingerprint density at radius 2 is 1.73 bits per heavy atom. The van der Waals surface area contributed by atoms with Gasteiger partial charge in [0.05, 0.1) is 9.92 Å². The minimum Gasteiger partial charge on any atom is -0.482 e. The van der Waals surface area contributed by atoms with Crippen LogP contribution in [-0.2, 0) is 14.8 Å². The van der Waals surface area contributed by atoms with E-state index in [1.807, 2.05) is 24.5 Å². The van der Waals surface area contributed by atoms with Gasteiger partial charge in [-0.15, -0.1) is 11.8 Å². The van der Waals surface area contributed by atoms with E-state index in [0.717, 1.165) is 4.90 Å². The Morgan fingerprint density at radius 1 is 1.00 bits per heavy atom. The lowest BCUT2D eigenvalue weighted by molar-refractivity contribution is -0.118. The number of amides is 1. The molecule has 3 aromatic carbocycles. The van der Waals surface area contributed by atoms with Crippen LogP contribution >= 0.6 is 23.4 Å². The Hall–Kier alpha value is -2.68. The number of carbonyl (C=O) groups excluding carboxylic acids is 1. The summed E-state index contributed by atoms with van der Waals surface area (Å²) in [7, 11) is -3.80. The molecule has 1 amide bonds. The molecule has 9 heteroatoms. The minimum absolute atomic E-state index is 0.0120. The molecular formula is C21H19ClN2O4S2. The molecule has 3 aromatic rings. The van der Waals surface area contributed by atoms with Gasteiger partial charge in [-0.3, -0.25) is 9.52 Å². The van der Waals surface area contributed by atoms with Gasteiger partial charge in [0.25, 0.3) is 15.9 Å². The topological polar surface area (TPSA) is 84.5 Å². The zero-order valence-corrected chi connectivity index (χ0v) is 18.4. The van der Waals surface area contributed by atoms with Gasteiger partial charge in [0.2, 0.25) is 0 Å². The summed E-state index contributed by atoms with van der Waals surface area (Å²) in [4.78, 5) is 13.1. The van der Waals surface area contributed by atoms with Crippen molar-refractivity contribution >= 4 is 50.7 Å². The molecule has 0 aliphatic carbocycles. The van der Waals surface area contributed by atoms with Gasteiger partial charge in [-0.2, -0.15) is 0 Å². The van der Waals surface area contributed by atoms with Gasteiger partial charge < -0.3 is 10.1 Å². The van der Waals surface area contributed by atoms with Crippen molar-refractivity contribution in [2.75, 3.05) is 22.9 Å². The third kappa shape index (κ3) is 5.91. The average molecular weight is 463 g/mol.